The summed E-state index contributed by atoms with van der Waals surface area (Å²) >= 11 is 12.1. The molecule has 3 aromatic rings. The molecule has 3 rings (SSSR count). The minimum Gasteiger partial charge on any atom is -0.477 e. The molecule has 0 unspecified atom stereocenters. The van der Waals surface area contributed by atoms with E-state index in [1.54, 1.807) is 13.0 Å². The van der Waals surface area contributed by atoms with Crippen LogP contribution in [0.15, 0.2) is 58.2 Å². The number of halogens is 2. The van der Waals surface area contributed by atoms with Gasteiger partial charge in [-0.25, -0.2) is 13.2 Å². The number of sulfone groups is 1. The standard InChI is InChI=1S/C21H17Cl2NO6S/c1-3-24-18(30-13-5-7-14(8-6-13)31(2,28)29)11-17(25)19(21(26)27)20(24)12-4-9-15(22)16(23)10-12/h4-11H,3H2,1-2H3,(H,26,27). The second kappa shape index (κ2) is 8.74. The van der Waals surface area contributed by atoms with Gasteiger partial charge in [0.2, 0.25) is 11.3 Å². The number of aromatic carboxylic acids is 1. The average Bonchev–Trinajstić information content (AvgIpc) is 2.69. The van der Waals surface area contributed by atoms with Crippen molar-refractivity contribution in [3.05, 3.63) is 74.4 Å². The summed E-state index contributed by atoms with van der Waals surface area (Å²) in [6.07, 6.45) is 1.09. The molecule has 0 atom stereocenters. The van der Waals surface area contributed by atoms with Crippen molar-refractivity contribution in [2.45, 2.75) is 18.4 Å². The molecule has 1 heterocycles. The highest BCUT2D eigenvalue weighted by molar-refractivity contribution is 7.90. The quantitative estimate of drug-likeness (QED) is 0.545. The first-order valence-corrected chi connectivity index (χ1v) is 11.6. The summed E-state index contributed by atoms with van der Waals surface area (Å²) in [5.74, 6) is -1.03. The molecule has 0 amide bonds. The molecule has 1 N–H and O–H groups in total. The number of hydrogen-bond acceptors (Lipinski definition) is 5. The Morgan fingerprint density at radius 3 is 2.23 bits per heavy atom. The number of benzene rings is 2. The lowest BCUT2D eigenvalue weighted by Gasteiger charge is -2.20. The molecule has 162 valence electrons. The maximum absolute atomic E-state index is 12.7. The van der Waals surface area contributed by atoms with E-state index in [9.17, 15) is 23.1 Å². The molecule has 2 aromatic carbocycles. The lowest BCUT2D eigenvalue weighted by molar-refractivity contribution is 0.0695. The Morgan fingerprint density at radius 2 is 1.71 bits per heavy atom. The molecule has 31 heavy (non-hydrogen) atoms. The highest BCUT2D eigenvalue weighted by Gasteiger charge is 2.23. The lowest BCUT2D eigenvalue weighted by Crippen LogP contribution is -2.21. The van der Waals surface area contributed by atoms with Crippen molar-refractivity contribution in [1.82, 2.24) is 4.57 Å². The van der Waals surface area contributed by atoms with Gasteiger partial charge in [-0.1, -0.05) is 29.3 Å². The van der Waals surface area contributed by atoms with Gasteiger partial charge in [-0.3, -0.25) is 4.79 Å². The number of aromatic nitrogens is 1. The van der Waals surface area contributed by atoms with Crippen molar-refractivity contribution in [2.24, 2.45) is 0 Å². The third-order valence-electron chi connectivity index (χ3n) is 4.47. The van der Waals surface area contributed by atoms with E-state index in [2.05, 4.69) is 0 Å². The minimum absolute atomic E-state index is 0.0886. The zero-order chi connectivity index (χ0) is 22.9. The van der Waals surface area contributed by atoms with Crippen LogP contribution in [-0.4, -0.2) is 30.3 Å². The number of nitrogens with zero attached hydrogens (tertiary/aromatic N) is 1. The number of carbonyl (C=O) groups is 1. The summed E-state index contributed by atoms with van der Waals surface area (Å²) in [7, 11) is -3.38. The SMILES string of the molecule is CCn1c(Oc2ccc(S(C)(=O)=O)cc2)cc(=O)c(C(=O)O)c1-c1ccc(Cl)c(Cl)c1. The summed E-state index contributed by atoms with van der Waals surface area (Å²) in [6, 6.07) is 11.3. The zero-order valence-electron chi connectivity index (χ0n) is 16.4. The zero-order valence-corrected chi connectivity index (χ0v) is 18.8. The Hall–Kier alpha value is -2.81. The molecular weight excluding hydrogens is 465 g/mol. The van der Waals surface area contributed by atoms with Gasteiger partial charge in [0.25, 0.3) is 0 Å². The molecule has 0 aliphatic carbocycles. The van der Waals surface area contributed by atoms with E-state index in [4.69, 9.17) is 27.9 Å². The topological polar surface area (TPSA) is 103 Å². The fourth-order valence-electron chi connectivity index (χ4n) is 3.05. The third-order valence-corrected chi connectivity index (χ3v) is 6.34. The molecule has 1 aromatic heterocycles. The number of hydrogen-bond donors (Lipinski definition) is 1. The number of carboxylic acids is 1. The predicted octanol–water partition coefficient (Wildman–Crippen LogP) is 4.74. The van der Waals surface area contributed by atoms with E-state index in [0.717, 1.165) is 12.3 Å². The smallest absolute Gasteiger partial charge is 0.341 e. The maximum Gasteiger partial charge on any atom is 0.341 e. The largest absolute Gasteiger partial charge is 0.477 e. The highest BCUT2D eigenvalue weighted by atomic mass is 35.5. The summed E-state index contributed by atoms with van der Waals surface area (Å²) in [5, 5.41) is 10.2. The Labute approximate surface area is 188 Å². The van der Waals surface area contributed by atoms with Crippen LogP contribution in [0.1, 0.15) is 17.3 Å². The summed E-state index contributed by atoms with van der Waals surface area (Å²) < 4.78 is 30.6. The second-order valence-corrected chi connectivity index (χ2v) is 9.42. The summed E-state index contributed by atoms with van der Waals surface area (Å²) in [6.45, 7) is 2.03. The lowest BCUT2D eigenvalue weighted by atomic mass is 10.0. The van der Waals surface area contributed by atoms with Gasteiger partial charge in [-0.2, -0.15) is 0 Å². The second-order valence-electron chi connectivity index (χ2n) is 6.59. The van der Waals surface area contributed by atoms with Crippen molar-refractivity contribution < 1.29 is 23.1 Å². The molecule has 0 saturated heterocycles. The van der Waals surface area contributed by atoms with Crippen LogP contribution in [0, 0.1) is 0 Å². The Balaban J connectivity index is 2.20. The Kier molecular flexibility index (Phi) is 6.45. The Morgan fingerprint density at radius 1 is 1.06 bits per heavy atom. The van der Waals surface area contributed by atoms with E-state index in [-0.39, 0.29) is 38.8 Å². The van der Waals surface area contributed by atoms with Gasteiger partial charge in [0.05, 0.1) is 20.6 Å². The van der Waals surface area contributed by atoms with Gasteiger partial charge in [0.15, 0.2) is 9.84 Å². The normalized spacial score (nSPS) is 11.4. The fraction of sp³-hybridized carbons (Fsp3) is 0.143. The van der Waals surface area contributed by atoms with Crippen molar-refractivity contribution >= 4 is 39.0 Å². The molecule has 0 aliphatic rings. The molecule has 10 heteroatoms. The van der Waals surface area contributed by atoms with Crippen LogP contribution in [0.4, 0.5) is 0 Å². The van der Waals surface area contributed by atoms with Gasteiger partial charge >= 0.3 is 5.97 Å². The van der Waals surface area contributed by atoms with Crippen LogP contribution in [0.3, 0.4) is 0 Å². The molecule has 0 bridgehead atoms. The van der Waals surface area contributed by atoms with E-state index in [1.165, 1.54) is 41.0 Å². The van der Waals surface area contributed by atoms with Crippen molar-refractivity contribution in [2.75, 3.05) is 6.26 Å². The maximum atomic E-state index is 12.7. The molecule has 0 saturated carbocycles. The van der Waals surface area contributed by atoms with E-state index < -0.39 is 26.8 Å². The van der Waals surface area contributed by atoms with E-state index in [1.807, 2.05) is 0 Å². The van der Waals surface area contributed by atoms with Crippen LogP contribution in [-0.2, 0) is 16.4 Å². The van der Waals surface area contributed by atoms with E-state index >= 15 is 0 Å². The van der Waals surface area contributed by atoms with Crippen LogP contribution < -0.4 is 10.2 Å². The van der Waals surface area contributed by atoms with Crippen LogP contribution >= 0.6 is 23.2 Å². The third kappa shape index (κ3) is 4.76. The van der Waals surface area contributed by atoms with Crippen LogP contribution in [0.5, 0.6) is 11.6 Å². The Bertz CT molecular complexity index is 1330. The van der Waals surface area contributed by atoms with Crippen molar-refractivity contribution in [3.8, 4) is 22.9 Å². The minimum atomic E-state index is -3.38. The number of ether oxygens (including phenoxy) is 1. The van der Waals surface area contributed by atoms with Crippen LogP contribution in [0.25, 0.3) is 11.3 Å². The predicted molar refractivity (Wildman–Crippen MR) is 118 cm³/mol. The molecule has 0 aliphatic heterocycles. The highest BCUT2D eigenvalue weighted by Crippen LogP contribution is 2.33. The van der Waals surface area contributed by atoms with E-state index in [0.29, 0.717) is 5.56 Å². The van der Waals surface area contributed by atoms with Crippen molar-refractivity contribution in [1.29, 1.82) is 0 Å². The fourth-order valence-corrected chi connectivity index (χ4v) is 3.98. The molecule has 0 radical (unpaired) electrons. The summed E-state index contributed by atoms with van der Waals surface area (Å²) in [4.78, 5) is 24.6. The first kappa shape index (κ1) is 22.9. The number of rotatable bonds is 6. The van der Waals surface area contributed by atoms with Gasteiger partial charge in [0, 0.05) is 24.4 Å². The molecule has 7 nitrogen and oxygen atoms in total. The monoisotopic (exact) mass is 481 g/mol. The number of pyridine rings is 1. The molecular formula is C21H17Cl2NO6S. The molecule has 0 fully saturated rings. The average molecular weight is 482 g/mol. The van der Waals surface area contributed by atoms with Gasteiger partial charge in [-0.15, -0.1) is 0 Å². The van der Waals surface area contributed by atoms with Gasteiger partial charge in [-0.05, 0) is 43.3 Å². The van der Waals surface area contributed by atoms with Gasteiger partial charge < -0.3 is 14.4 Å². The number of carboxylic acid groups (broad SMARTS) is 1. The first-order valence-electron chi connectivity index (χ1n) is 8.97. The molecule has 0 spiro atoms. The van der Waals surface area contributed by atoms with Crippen LogP contribution in [0.2, 0.25) is 10.0 Å². The first-order chi connectivity index (χ1) is 14.5. The van der Waals surface area contributed by atoms with Crippen molar-refractivity contribution in [3.63, 3.8) is 0 Å². The van der Waals surface area contributed by atoms with Gasteiger partial charge in [0.1, 0.15) is 11.3 Å². The summed E-state index contributed by atoms with van der Waals surface area (Å²) in [5.41, 5.74) is -0.687.